The van der Waals surface area contributed by atoms with Gasteiger partial charge in [0.15, 0.2) is 5.92 Å². The van der Waals surface area contributed by atoms with Gasteiger partial charge in [-0.25, -0.2) is 0 Å². The standard InChI is InChI=1S/C16H19ClN2O6/c1-8(11(15(22)24-2)16(23)25-3)12(13(18)20)19-14(21)9-6-4-5-7-10(9)17/h4-8,11-12H,1-3H3,(H2,18,20)(H,19,21)/t8-,12-/m1/s1. The van der Waals surface area contributed by atoms with Gasteiger partial charge in [-0.05, 0) is 12.1 Å². The van der Waals surface area contributed by atoms with Crippen LogP contribution in [0.4, 0.5) is 0 Å². The number of carbonyl (C=O) groups excluding carboxylic acids is 4. The number of amides is 2. The fourth-order valence-electron chi connectivity index (χ4n) is 2.30. The van der Waals surface area contributed by atoms with E-state index in [1.165, 1.54) is 19.1 Å². The molecule has 2 amide bonds. The minimum absolute atomic E-state index is 0.121. The van der Waals surface area contributed by atoms with Gasteiger partial charge in [0.25, 0.3) is 5.91 Å². The lowest BCUT2D eigenvalue weighted by Gasteiger charge is -2.26. The summed E-state index contributed by atoms with van der Waals surface area (Å²) in [5, 5.41) is 2.57. The van der Waals surface area contributed by atoms with E-state index >= 15 is 0 Å². The lowest BCUT2D eigenvalue weighted by atomic mass is 9.86. The summed E-state index contributed by atoms with van der Waals surface area (Å²) in [6, 6.07) is 4.86. The van der Waals surface area contributed by atoms with Gasteiger partial charge in [0.1, 0.15) is 6.04 Å². The quantitative estimate of drug-likeness (QED) is 0.532. The van der Waals surface area contributed by atoms with Gasteiger partial charge < -0.3 is 20.5 Å². The molecular formula is C16H19ClN2O6. The van der Waals surface area contributed by atoms with Gasteiger partial charge in [-0.15, -0.1) is 0 Å². The van der Waals surface area contributed by atoms with Gasteiger partial charge in [0, 0.05) is 5.92 Å². The third-order valence-corrected chi connectivity index (χ3v) is 4.00. The van der Waals surface area contributed by atoms with Crippen LogP contribution >= 0.6 is 11.6 Å². The van der Waals surface area contributed by atoms with Crippen LogP contribution in [0.2, 0.25) is 5.02 Å². The zero-order chi connectivity index (χ0) is 19.1. The minimum Gasteiger partial charge on any atom is -0.468 e. The molecule has 0 saturated carbocycles. The van der Waals surface area contributed by atoms with Crippen molar-refractivity contribution in [1.82, 2.24) is 5.32 Å². The van der Waals surface area contributed by atoms with E-state index in [1.54, 1.807) is 12.1 Å². The summed E-state index contributed by atoms with van der Waals surface area (Å²) < 4.78 is 9.14. The van der Waals surface area contributed by atoms with Crippen molar-refractivity contribution < 1.29 is 28.7 Å². The average molecular weight is 371 g/mol. The number of benzene rings is 1. The highest BCUT2D eigenvalue weighted by molar-refractivity contribution is 6.33. The second-order valence-corrected chi connectivity index (χ2v) is 5.62. The predicted molar refractivity (Wildman–Crippen MR) is 88.6 cm³/mol. The summed E-state index contributed by atoms with van der Waals surface area (Å²) in [6.45, 7) is 1.40. The second kappa shape index (κ2) is 9.03. The Morgan fingerprint density at radius 3 is 2.04 bits per heavy atom. The molecule has 0 bridgehead atoms. The van der Waals surface area contributed by atoms with Crippen LogP contribution in [0.3, 0.4) is 0 Å². The number of esters is 2. The maximum atomic E-state index is 12.4. The molecule has 0 aliphatic heterocycles. The highest BCUT2D eigenvalue weighted by Crippen LogP contribution is 2.21. The van der Waals surface area contributed by atoms with Crippen molar-refractivity contribution in [1.29, 1.82) is 0 Å². The molecular weight excluding hydrogens is 352 g/mol. The average Bonchev–Trinajstić information content (AvgIpc) is 2.58. The summed E-state index contributed by atoms with van der Waals surface area (Å²) >= 11 is 5.94. The first-order valence-electron chi connectivity index (χ1n) is 7.24. The van der Waals surface area contributed by atoms with Crippen LogP contribution < -0.4 is 11.1 Å². The van der Waals surface area contributed by atoms with E-state index in [2.05, 4.69) is 14.8 Å². The number of methoxy groups -OCH3 is 2. The van der Waals surface area contributed by atoms with Crippen molar-refractivity contribution in [2.75, 3.05) is 14.2 Å². The topological polar surface area (TPSA) is 125 Å². The number of primary amides is 1. The van der Waals surface area contributed by atoms with E-state index < -0.39 is 41.6 Å². The molecule has 0 aromatic heterocycles. The van der Waals surface area contributed by atoms with E-state index in [-0.39, 0.29) is 10.6 Å². The first kappa shape index (κ1) is 20.4. The number of nitrogens with one attached hydrogen (secondary N) is 1. The smallest absolute Gasteiger partial charge is 0.320 e. The second-order valence-electron chi connectivity index (χ2n) is 5.22. The van der Waals surface area contributed by atoms with Crippen molar-refractivity contribution in [3.63, 3.8) is 0 Å². The van der Waals surface area contributed by atoms with Crippen molar-refractivity contribution in [3.05, 3.63) is 34.9 Å². The van der Waals surface area contributed by atoms with Gasteiger partial charge in [0.05, 0.1) is 24.8 Å². The Morgan fingerprint density at radius 2 is 1.60 bits per heavy atom. The van der Waals surface area contributed by atoms with Crippen LogP contribution in [-0.4, -0.2) is 44.0 Å². The van der Waals surface area contributed by atoms with Crippen molar-refractivity contribution in [2.24, 2.45) is 17.6 Å². The van der Waals surface area contributed by atoms with Crippen LogP contribution in [0.5, 0.6) is 0 Å². The van der Waals surface area contributed by atoms with E-state index in [4.69, 9.17) is 17.3 Å². The van der Waals surface area contributed by atoms with Crippen LogP contribution in [0, 0.1) is 11.8 Å². The number of hydrogen-bond donors (Lipinski definition) is 2. The number of halogens is 1. The van der Waals surface area contributed by atoms with E-state index in [0.29, 0.717) is 0 Å². The molecule has 0 aliphatic rings. The maximum Gasteiger partial charge on any atom is 0.320 e. The minimum atomic E-state index is -1.43. The Kier molecular flexibility index (Phi) is 7.38. The number of ether oxygens (including phenoxy) is 2. The molecule has 2 atom stereocenters. The van der Waals surface area contributed by atoms with E-state index in [0.717, 1.165) is 14.2 Å². The third kappa shape index (κ3) is 4.93. The third-order valence-electron chi connectivity index (χ3n) is 3.67. The molecule has 0 heterocycles. The fraction of sp³-hybridized carbons (Fsp3) is 0.375. The Morgan fingerprint density at radius 1 is 1.08 bits per heavy atom. The molecule has 0 fully saturated rings. The van der Waals surface area contributed by atoms with E-state index in [9.17, 15) is 19.2 Å². The van der Waals surface area contributed by atoms with Gasteiger partial charge in [-0.3, -0.25) is 19.2 Å². The molecule has 1 aromatic carbocycles. The largest absolute Gasteiger partial charge is 0.468 e. The molecule has 1 rings (SSSR count). The first-order valence-corrected chi connectivity index (χ1v) is 7.62. The SMILES string of the molecule is COC(=O)C(C(=O)OC)[C@@H](C)[C@@H](NC(=O)c1ccccc1Cl)C(N)=O. The summed E-state index contributed by atoms with van der Waals surface area (Å²) in [6.07, 6.45) is 0. The molecule has 0 aliphatic carbocycles. The molecule has 8 nitrogen and oxygen atoms in total. The lowest BCUT2D eigenvalue weighted by Crippen LogP contribution is -2.52. The van der Waals surface area contributed by atoms with Crippen LogP contribution in [0.1, 0.15) is 17.3 Å². The summed E-state index contributed by atoms with van der Waals surface area (Å²) in [5.41, 5.74) is 5.45. The molecule has 3 N–H and O–H groups in total. The zero-order valence-corrected chi connectivity index (χ0v) is 14.7. The molecule has 136 valence electrons. The molecule has 0 spiro atoms. The van der Waals surface area contributed by atoms with Crippen LogP contribution in [-0.2, 0) is 23.9 Å². The lowest BCUT2D eigenvalue weighted by molar-refractivity contribution is -0.161. The van der Waals surface area contributed by atoms with Crippen LogP contribution in [0.15, 0.2) is 24.3 Å². The molecule has 25 heavy (non-hydrogen) atoms. The van der Waals surface area contributed by atoms with Gasteiger partial charge in [-0.1, -0.05) is 30.7 Å². The Hall–Kier alpha value is -2.61. The first-order chi connectivity index (χ1) is 11.7. The van der Waals surface area contributed by atoms with Gasteiger partial charge in [0.2, 0.25) is 5.91 Å². The maximum absolute atomic E-state index is 12.4. The fourth-order valence-corrected chi connectivity index (χ4v) is 2.52. The predicted octanol–water partition coefficient (Wildman–Crippen LogP) is 0.522. The van der Waals surface area contributed by atoms with Crippen LogP contribution in [0.25, 0.3) is 0 Å². The van der Waals surface area contributed by atoms with E-state index in [1.807, 2.05) is 0 Å². The van der Waals surface area contributed by atoms with Gasteiger partial charge >= 0.3 is 11.9 Å². The summed E-state index contributed by atoms with van der Waals surface area (Å²) in [4.78, 5) is 47.9. The zero-order valence-electron chi connectivity index (χ0n) is 13.9. The molecule has 1 aromatic rings. The number of carbonyl (C=O) groups is 4. The number of hydrogen-bond acceptors (Lipinski definition) is 6. The monoisotopic (exact) mass is 370 g/mol. The molecule has 0 unspecified atom stereocenters. The number of nitrogens with two attached hydrogens (primary N) is 1. The van der Waals surface area contributed by atoms with Crippen molar-refractivity contribution >= 4 is 35.4 Å². The Labute approximate surface area is 149 Å². The Bertz CT molecular complexity index is 662. The summed E-state index contributed by atoms with van der Waals surface area (Å²) in [7, 11) is 2.18. The normalized spacial score (nSPS) is 12.8. The molecule has 0 radical (unpaired) electrons. The summed E-state index contributed by atoms with van der Waals surface area (Å²) in [5.74, 6) is -5.85. The highest BCUT2D eigenvalue weighted by Gasteiger charge is 2.41. The van der Waals surface area contributed by atoms with Crippen molar-refractivity contribution in [2.45, 2.75) is 13.0 Å². The highest BCUT2D eigenvalue weighted by atomic mass is 35.5. The molecule has 9 heteroatoms. The Balaban J connectivity index is 3.11. The number of rotatable bonds is 7. The van der Waals surface area contributed by atoms with Crippen molar-refractivity contribution in [3.8, 4) is 0 Å². The van der Waals surface area contributed by atoms with Gasteiger partial charge in [-0.2, -0.15) is 0 Å². The molecule has 0 saturated heterocycles.